The zero-order chi connectivity index (χ0) is 16.7. The van der Waals surface area contributed by atoms with Gasteiger partial charge >= 0.3 is 0 Å². The lowest BCUT2D eigenvalue weighted by Crippen LogP contribution is -2.17. The normalized spacial score (nSPS) is 14.1. The minimum Gasteiger partial charge on any atom is -0.299 e. The summed E-state index contributed by atoms with van der Waals surface area (Å²) in [5.74, 6) is 0.423. The molecule has 3 aromatic rings. The molecule has 1 aliphatic rings. The molecule has 1 aromatic carbocycles. The molecule has 0 bridgehead atoms. The van der Waals surface area contributed by atoms with E-state index in [9.17, 15) is 4.79 Å². The fraction of sp³-hybridized carbons (Fsp3) is 0.316. The van der Waals surface area contributed by atoms with E-state index < -0.39 is 0 Å². The number of ketones is 1. The third kappa shape index (κ3) is 2.94. The van der Waals surface area contributed by atoms with Crippen LogP contribution in [0.5, 0.6) is 0 Å². The number of aromatic nitrogens is 2. The molecule has 4 rings (SSSR count). The first-order valence-electron chi connectivity index (χ1n) is 8.08. The molecule has 5 heteroatoms. The maximum Gasteiger partial charge on any atom is 0.143 e. The molecule has 0 fully saturated rings. The molecule has 0 aliphatic heterocycles. The van der Waals surface area contributed by atoms with Crippen molar-refractivity contribution in [3.8, 4) is 10.6 Å². The third-order valence-electron chi connectivity index (χ3n) is 4.52. The Kier molecular flexibility index (Phi) is 4.06. The second-order valence-electron chi connectivity index (χ2n) is 6.29. The van der Waals surface area contributed by atoms with Crippen molar-refractivity contribution < 1.29 is 4.79 Å². The zero-order valence-corrected chi connectivity index (χ0v) is 15.3. The van der Waals surface area contributed by atoms with Gasteiger partial charge in [-0.2, -0.15) is 0 Å². The number of rotatable bonds is 4. The van der Waals surface area contributed by atoms with Crippen molar-refractivity contribution in [1.29, 1.82) is 0 Å². The number of carbonyl (C=O) groups is 1. The summed E-state index contributed by atoms with van der Waals surface area (Å²) in [4.78, 5) is 22.9. The molecule has 24 heavy (non-hydrogen) atoms. The average molecular weight is 354 g/mol. The highest BCUT2D eigenvalue weighted by Gasteiger charge is 2.27. The summed E-state index contributed by atoms with van der Waals surface area (Å²) in [6.07, 6.45) is 2.20. The van der Waals surface area contributed by atoms with E-state index in [0.29, 0.717) is 12.2 Å². The van der Waals surface area contributed by atoms with Gasteiger partial charge in [0.2, 0.25) is 0 Å². The van der Waals surface area contributed by atoms with E-state index in [0.717, 1.165) is 39.1 Å². The van der Waals surface area contributed by atoms with Gasteiger partial charge < -0.3 is 0 Å². The maximum atomic E-state index is 12.7. The molecule has 0 unspecified atom stereocenters. The van der Waals surface area contributed by atoms with E-state index >= 15 is 0 Å². The van der Waals surface area contributed by atoms with Gasteiger partial charge in [-0.15, -0.1) is 22.7 Å². The van der Waals surface area contributed by atoms with Crippen LogP contribution in [0.1, 0.15) is 26.8 Å². The number of hydrogen-bond acceptors (Lipinski definition) is 5. The summed E-state index contributed by atoms with van der Waals surface area (Å²) in [5, 5.41) is 4.01. The lowest BCUT2D eigenvalue weighted by Gasteiger charge is -2.05. The van der Waals surface area contributed by atoms with Gasteiger partial charge in [-0.1, -0.05) is 24.3 Å². The zero-order valence-electron chi connectivity index (χ0n) is 13.7. The summed E-state index contributed by atoms with van der Waals surface area (Å²) >= 11 is 3.24. The molecule has 2 aromatic heterocycles. The lowest BCUT2D eigenvalue weighted by molar-refractivity contribution is -0.121. The van der Waals surface area contributed by atoms with Crippen molar-refractivity contribution in [1.82, 2.24) is 9.97 Å². The van der Waals surface area contributed by atoms with Crippen LogP contribution < -0.4 is 0 Å². The smallest absolute Gasteiger partial charge is 0.143 e. The molecule has 2 heterocycles. The quantitative estimate of drug-likeness (QED) is 0.697. The Morgan fingerprint density at radius 2 is 1.88 bits per heavy atom. The molecule has 0 amide bonds. The fourth-order valence-corrected chi connectivity index (χ4v) is 5.10. The number of thiazole rings is 2. The number of nitrogens with zero attached hydrogens (tertiary/aromatic N) is 2. The molecular weight excluding hydrogens is 336 g/mol. The number of Topliss-reactive ketones (excluding diaryl/α,β-unsaturated/α-hetero) is 1. The number of hydrogen-bond donors (Lipinski definition) is 0. The van der Waals surface area contributed by atoms with Crippen molar-refractivity contribution in [3.63, 3.8) is 0 Å². The Morgan fingerprint density at radius 3 is 2.50 bits per heavy atom. The molecule has 0 saturated carbocycles. The van der Waals surface area contributed by atoms with Crippen molar-refractivity contribution in [2.24, 2.45) is 5.92 Å². The van der Waals surface area contributed by atoms with Gasteiger partial charge in [0.25, 0.3) is 0 Å². The molecule has 0 radical (unpaired) electrons. The Morgan fingerprint density at radius 1 is 1.17 bits per heavy atom. The van der Waals surface area contributed by atoms with Crippen molar-refractivity contribution in [2.75, 3.05) is 0 Å². The van der Waals surface area contributed by atoms with Gasteiger partial charge in [0, 0.05) is 11.3 Å². The number of benzene rings is 1. The van der Waals surface area contributed by atoms with Gasteiger partial charge in [-0.05, 0) is 37.8 Å². The second-order valence-corrected chi connectivity index (χ2v) is 8.44. The van der Waals surface area contributed by atoms with Crippen LogP contribution >= 0.6 is 22.7 Å². The minimum absolute atomic E-state index is 0.113. The molecule has 122 valence electrons. The standard InChI is InChI=1S/C19H18N2OS2/c1-11-19(24-12(2)20-11)16-10-23-18(21-16)9-17(22)15-7-13-5-3-4-6-14(13)8-15/h3-6,10,15H,7-9H2,1-2H3. The molecule has 0 atom stereocenters. The largest absolute Gasteiger partial charge is 0.299 e. The van der Waals surface area contributed by atoms with Crippen LogP contribution in [0.4, 0.5) is 0 Å². The van der Waals surface area contributed by atoms with Crippen LogP contribution in [-0.2, 0) is 24.1 Å². The van der Waals surface area contributed by atoms with E-state index in [1.807, 2.05) is 19.2 Å². The summed E-state index contributed by atoms with van der Waals surface area (Å²) in [6, 6.07) is 8.38. The summed E-state index contributed by atoms with van der Waals surface area (Å²) in [7, 11) is 0. The highest BCUT2D eigenvalue weighted by Crippen LogP contribution is 2.32. The number of aryl methyl sites for hydroxylation is 2. The van der Waals surface area contributed by atoms with E-state index in [1.165, 1.54) is 11.1 Å². The van der Waals surface area contributed by atoms with Crippen LogP contribution in [0.15, 0.2) is 29.6 Å². The summed E-state index contributed by atoms with van der Waals surface area (Å²) in [6.45, 7) is 4.02. The number of fused-ring (bicyclic) bond motifs is 1. The Labute approximate surface area is 149 Å². The van der Waals surface area contributed by atoms with E-state index in [2.05, 4.69) is 34.2 Å². The van der Waals surface area contributed by atoms with Crippen LogP contribution in [0.2, 0.25) is 0 Å². The van der Waals surface area contributed by atoms with Crippen LogP contribution in [0.3, 0.4) is 0 Å². The molecule has 1 aliphatic carbocycles. The lowest BCUT2D eigenvalue weighted by atomic mass is 9.99. The molecule has 3 nitrogen and oxygen atoms in total. The SMILES string of the molecule is Cc1nc(C)c(-c2csc(CC(=O)C3Cc4ccccc4C3)n2)s1. The van der Waals surface area contributed by atoms with E-state index in [-0.39, 0.29) is 5.92 Å². The predicted octanol–water partition coefficient (Wildman–Crippen LogP) is 4.41. The summed E-state index contributed by atoms with van der Waals surface area (Å²) < 4.78 is 0. The van der Waals surface area contributed by atoms with E-state index in [4.69, 9.17) is 0 Å². The Balaban J connectivity index is 1.47. The maximum absolute atomic E-state index is 12.7. The van der Waals surface area contributed by atoms with Crippen LogP contribution in [0.25, 0.3) is 10.6 Å². The van der Waals surface area contributed by atoms with Gasteiger partial charge in [0.1, 0.15) is 10.8 Å². The second kappa shape index (κ2) is 6.22. The molecule has 0 N–H and O–H groups in total. The number of carbonyl (C=O) groups excluding carboxylic acids is 1. The Bertz CT molecular complexity index is 885. The van der Waals surface area contributed by atoms with Crippen LogP contribution in [0, 0.1) is 19.8 Å². The first kappa shape index (κ1) is 15.7. The van der Waals surface area contributed by atoms with Gasteiger partial charge in [-0.25, -0.2) is 9.97 Å². The van der Waals surface area contributed by atoms with Crippen molar-refractivity contribution in [3.05, 3.63) is 56.5 Å². The summed E-state index contributed by atoms with van der Waals surface area (Å²) in [5.41, 5.74) is 4.63. The highest BCUT2D eigenvalue weighted by atomic mass is 32.1. The Hall–Kier alpha value is -1.85. The molecule has 0 saturated heterocycles. The minimum atomic E-state index is 0.113. The monoisotopic (exact) mass is 354 g/mol. The first-order chi connectivity index (χ1) is 11.6. The molecule has 0 spiro atoms. The van der Waals surface area contributed by atoms with Gasteiger partial charge in [0.05, 0.1) is 27.7 Å². The molecular formula is C19H18N2OS2. The topological polar surface area (TPSA) is 42.9 Å². The van der Waals surface area contributed by atoms with E-state index in [1.54, 1.807) is 22.7 Å². The average Bonchev–Trinajstić information content (AvgIpc) is 3.25. The predicted molar refractivity (Wildman–Crippen MR) is 98.7 cm³/mol. The highest BCUT2D eigenvalue weighted by molar-refractivity contribution is 7.16. The van der Waals surface area contributed by atoms with Gasteiger partial charge in [-0.3, -0.25) is 4.79 Å². The van der Waals surface area contributed by atoms with Gasteiger partial charge in [0.15, 0.2) is 0 Å². The van der Waals surface area contributed by atoms with Crippen molar-refractivity contribution in [2.45, 2.75) is 33.1 Å². The van der Waals surface area contributed by atoms with Crippen molar-refractivity contribution >= 4 is 28.5 Å². The first-order valence-corrected chi connectivity index (χ1v) is 9.78. The van der Waals surface area contributed by atoms with Crippen LogP contribution in [-0.4, -0.2) is 15.8 Å². The third-order valence-corrected chi connectivity index (χ3v) is 6.46. The fourth-order valence-electron chi connectivity index (χ4n) is 3.35.